The third-order valence-electron chi connectivity index (χ3n) is 3.47. The number of carbonyl (C=O) groups excluding carboxylic acids is 2. The maximum atomic E-state index is 13.1. The van der Waals surface area contributed by atoms with Crippen LogP contribution in [0.4, 0.5) is 4.39 Å². The molecule has 118 valence electrons. The first-order valence-electron chi connectivity index (χ1n) is 6.94. The number of H-pyrrole nitrogens is 1. The molecule has 3 aromatic heterocycles. The number of nitrogens with one attached hydrogen (secondary N) is 1. The van der Waals surface area contributed by atoms with E-state index >= 15 is 0 Å². The number of benzene rings is 1. The van der Waals surface area contributed by atoms with Crippen molar-refractivity contribution in [3.05, 3.63) is 67.0 Å². The van der Waals surface area contributed by atoms with Gasteiger partial charge in [-0.25, -0.2) is 9.37 Å². The number of aromatic nitrogens is 4. The Hall–Kier alpha value is -3.57. The lowest BCUT2D eigenvalue weighted by Crippen LogP contribution is -1.87. The van der Waals surface area contributed by atoms with Gasteiger partial charge in [0.2, 0.25) is 0 Å². The fourth-order valence-electron chi connectivity index (χ4n) is 2.42. The van der Waals surface area contributed by atoms with E-state index in [0.29, 0.717) is 0 Å². The highest BCUT2D eigenvalue weighted by molar-refractivity contribution is 5.80. The molecule has 24 heavy (non-hydrogen) atoms. The third kappa shape index (κ3) is 2.97. The Morgan fingerprint density at radius 2 is 1.75 bits per heavy atom. The zero-order valence-corrected chi connectivity index (χ0v) is 12.3. The van der Waals surface area contributed by atoms with Crippen molar-refractivity contribution < 1.29 is 14.0 Å². The smallest absolute Gasteiger partial charge is 0.306 e. The van der Waals surface area contributed by atoms with E-state index in [0.717, 1.165) is 28.0 Å². The van der Waals surface area contributed by atoms with Gasteiger partial charge in [0.05, 0.1) is 11.9 Å². The summed E-state index contributed by atoms with van der Waals surface area (Å²) in [6, 6.07) is 10.3. The fraction of sp³-hybridized carbons (Fsp3) is 0. The zero-order chi connectivity index (χ0) is 16.9. The van der Waals surface area contributed by atoms with Gasteiger partial charge >= 0.3 is 6.15 Å². The largest absolute Gasteiger partial charge is 0.373 e. The molecule has 1 aromatic carbocycles. The van der Waals surface area contributed by atoms with Gasteiger partial charge in [0, 0.05) is 35.3 Å². The predicted molar refractivity (Wildman–Crippen MR) is 83.2 cm³/mol. The van der Waals surface area contributed by atoms with Crippen LogP contribution in [0.3, 0.4) is 0 Å². The zero-order valence-electron chi connectivity index (χ0n) is 12.3. The van der Waals surface area contributed by atoms with E-state index < -0.39 is 0 Å². The molecule has 4 aromatic rings. The highest BCUT2D eigenvalue weighted by Crippen LogP contribution is 2.30. The van der Waals surface area contributed by atoms with Crippen LogP contribution in [0.5, 0.6) is 0 Å². The van der Waals surface area contributed by atoms with Crippen LogP contribution in [-0.2, 0) is 9.59 Å². The van der Waals surface area contributed by atoms with Gasteiger partial charge in [0.15, 0.2) is 0 Å². The second kappa shape index (κ2) is 6.68. The van der Waals surface area contributed by atoms with Crippen molar-refractivity contribution in [3.8, 4) is 22.4 Å². The summed E-state index contributed by atoms with van der Waals surface area (Å²) in [6.07, 6.45) is 7.68. The lowest BCUT2D eigenvalue weighted by molar-refractivity contribution is -0.191. The average Bonchev–Trinajstić information content (AvgIpc) is 3.24. The number of pyridine rings is 1. The average molecular weight is 322 g/mol. The van der Waals surface area contributed by atoms with E-state index in [-0.39, 0.29) is 12.0 Å². The Morgan fingerprint density at radius 1 is 1.04 bits per heavy atom. The third-order valence-corrected chi connectivity index (χ3v) is 3.47. The predicted octanol–water partition coefficient (Wildman–Crippen LogP) is 2.95. The molecule has 6 nitrogen and oxygen atoms in total. The number of hydrogen-bond acceptors (Lipinski definition) is 4. The molecule has 4 rings (SSSR count). The number of aromatic amines is 1. The summed E-state index contributed by atoms with van der Waals surface area (Å²) in [6.45, 7) is 0. The molecule has 0 aliphatic rings. The summed E-state index contributed by atoms with van der Waals surface area (Å²) < 4.78 is 15.0. The van der Waals surface area contributed by atoms with Gasteiger partial charge < -0.3 is 4.40 Å². The molecule has 0 radical (unpaired) electrons. The van der Waals surface area contributed by atoms with Gasteiger partial charge in [-0.05, 0) is 36.4 Å². The molecule has 1 N–H and O–H groups in total. The van der Waals surface area contributed by atoms with E-state index in [1.54, 1.807) is 24.5 Å². The van der Waals surface area contributed by atoms with Gasteiger partial charge in [-0.1, -0.05) is 0 Å². The Labute approximate surface area is 135 Å². The van der Waals surface area contributed by atoms with Crippen molar-refractivity contribution in [2.45, 2.75) is 0 Å². The van der Waals surface area contributed by atoms with E-state index in [1.807, 2.05) is 28.9 Å². The second-order valence-electron chi connectivity index (χ2n) is 4.86. The van der Waals surface area contributed by atoms with Crippen LogP contribution >= 0.6 is 0 Å². The molecule has 7 heteroatoms. The van der Waals surface area contributed by atoms with Gasteiger partial charge in [-0.2, -0.15) is 14.7 Å². The Balaban J connectivity index is 0.000000526. The molecule has 0 amide bonds. The molecule has 0 fully saturated rings. The molecule has 0 saturated heterocycles. The number of halogens is 1. The molecule has 0 atom stereocenters. The first kappa shape index (κ1) is 15.3. The molecule has 0 unspecified atom stereocenters. The molecular weight excluding hydrogens is 311 g/mol. The normalized spacial score (nSPS) is 10.0. The van der Waals surface area contributed by atoms with Crippen molar-refractivity contribution in [1.82, 2.24) is 19.6 Å². The lowest BCUT2D eigenvalue weighted by Gasteiger charge is -2.04. The number of hydrogen-bond donors (Lipinski definition) is 1. The monoisotopic (exact) mass is 322 g/mol. The molecular formula is C17H11FN4O2. The molecule has 0 aliphatic carbocycles. The van der Waals surface area contributed by atoms with Crippen molar-refractivity contribution >= 4 is 11.8 Å². The van der Waals surface area contributed by atoms with Crippen LogP contribution in [0.15, 0.2) is 61.2 Å². The highest BCUT2D eigenvalue weighted by atomic mass is 19.1. The molecule has 3 heterocycles. The first-order chi connectivity index (χ1) is 11.7. The minimum absolute atomic E-state index is 0.250. The minimum atomic E-state index is -0.250. The van der Waals surface area contributed by atoms with Crippen LogP contribution in [0.25, 0.3) is 28.0 Å². The summed E-state index contributed by atoms with van der Waals surface area (Å²) >= 11 is 0. The van der Waals surface area contributed by atoms with Gasteiger partial charge in [-0.15, -0.1) is 0 Å². The summed E-state index contributed by atoms with van der Waals surface area (Å²) in [5.41, 5.74) is 4.65. The molecule has 0 spiro atoms. The summed E-state index contributed by atoms with van der Waals surface area (Å²) in [4.78, 5) is 20.5. The van der Waals surface area contributed by atoms with Crippen molar-refractivity contribution in [2.75, 3.05) is 0 Å². The molecule has 0 saturated carbocycles. The SMILES string of the molecule is Fc1ccc(-c2[nH]ncc2-c2ccc3nccn3c2)cc1.O=C=O. The molecule has 0 aliphatic heterocycles. The van der Waals surface area contributed by atoms with Crippen molar-refractivity contribution in [3.63, 3.8) is 0 Å². The Bertz CT molecular complexity index is 999. The van der Waals surface area contributed by atoms with E-state index in [2.05, 4.69) is 15.2 Å². The number of nitrogens with zero attached hydrogens (tertiary/aromatic N) is 3. The van der Waals surface area contributed by atoms with Crippen LogP contribution in [-0.4, -0.2) is 25.7 Å². The van der Waals surface area contributed by atoms with Gasteiger partial charge in [0.25, 0.3) is 0 Å². The lowest BCUT2D eigenvalue weighted by atomic mass is 10.0. The Morgan fingerprint density at radius 3 is 2.50 bits per heavy atom. The van der Waals surface area contributed by atoms with E-state index in [1.165, 1.54) is 12.1 Å². The van der Waals surface area contributed by atoms with Gasteiger partial charge in [0.1, 0.15) is 11.5 Å². The highest BCUT2D eigenvalue weighted by Gasteiger charge is 2.10. The first-order valence-corrected chi connectivity index (χ1v) is 6.94. The van der Waals surface area contributed by atoms with Crippen LogP contribution in [0.2, 0.25) is 0 Å². The summed E-state index contributed by atoms with van der Waals surface area (Å²) in [5, 5.41) is 7.11. The van der Waals surface area contributed by atoms with Crippen LogP contribution in [0.1, 0.15) is 0 Å². The minimum Gasteiger partial charge on any atom is -0.306 e. The van der Waals surface area contributed by atoms with Crippen molar-refractivity contribution in [1.29, 1.82) is 0 Å². The maximum Gasteiger partial charge on any atom is 0.373 e. The summed E-state index contributed by atoms with van der Waals surface area (Å²) in [5.74, 6) is -0.250. The number of imidazole rings is 1. The van der Waals surface area contributed by atoms with Crippen molar-refractivity contribution in [2.24, 2.45) is 0 Å². The number of fused-ring (bicyclic) bond motifs is 1. The van der Waals surface area contributed by atoms with Crippen LogP contribution in [0, 0.1) is 5.82 Å². The number of rotatable bonds is 2. The standard InChI is InChI=1S/C16H11FN4.CO2/c17-13-4-1-11(2-5-13)16-14(9-19-20-16)12-3-6-15-18-7-8-21(15)10-12;2-1-3/h1-10H,(H,19,20);. The van der Waals surface area contributed by atoms with Gasteiger partial charge in [-0.3, -0.25) is 5.10 Å². The fourth-order valence-corrected chi connectivity index (χ4v) is 2.42. The van der Waals surface area contributed by atoms with Crippen LogP contribution < -0.4 is 0 Å². The summed E-state index contributed by atoms with van der Waals surface area (Å²) in [7, 11) is 0. The van der Waals surface area contributed by atoms with E-state index in [9.17, 15) is 4.39 Å². The Kier molecular flexibility index (Phi) is 4.27. The quantitative estimate of drug-likeness (QED) is 0.615. The molecule has 0 bridgehead atoms. The topological polar surface area (TPSA) is 80.1 Å². The van der Waals surface area contributed by atoms with E-state index in [4.69, 9.17) is 9.59 Å². The maximum absolute atomic E-state index is 13.1. The second-order valence-corrected chi connectivity index (χ2v) is 4.86.